The van der Waals surface area contributed by atoms with Crippen molar-refractivity contribution in [2.45, 2.75) is 6.92 Å². The number of hydrogen-bond donors (Lipinski definition) is 2. The second-order valence-corrected chi connectivity index (χ2v) is 7.40. The summed E-state index contributed by atoms with van der Waals surface area (Å²) in [5.41, 5.74) is 3.74. The van der Waals surface area contributed by atoms with Crippen molar-refractivity contribution in [1.82, 2.24) is 9.97 Å². The largest absolute Gasteiger partial charge is 0.495 e. The Bertz CT molecular complexity index is 1190. The van der Waals surface area contributed by atoms with Crippen LogP contribution < -0.4 is 14.8 Å². The molecule has 4 aromatic rings. The van der Waals surface area contributed by atoms with Gasteiger partial charge in [0.05, 0.1) is 34.9 Å². The van der Waals surface area contributed by atoms with Crippen LogP contribution in [0.15, 0.2) is 65.1 Å². The van der Waals surface area contributed by atoms with Crippen molar-refractivity contribution in [1.29, 1.82) is 0 Å². The molecule has 3 aromatic carbocycles. The van der Waals surface area contributed by atoms with Gasteiger partial charge in [0.25, 0.3) is 5.91 Å². The number of nitrogens with zero attached hydrogens (tertiary/aromatic N) is 1. The summed E-state index contributed by atoms with van der Waals surface area (Å²) in [6.45, 7) is 2.46. The number of para-hydroxylation sites is 2. The maximum atomic E-state index is 12.8. The molecule has 0 spiro atoms. The zero-order chi connectivity index (χ0) is 21.1. The van der Waals surface area contributed by atoms with Gasteiger partial charge in [-0.3, -0.25) is 4.79 Å². The lowest BCUT2D eigenvalue weighted by molar-refractivity contribution is 0.102. The molecule has 1 aromatic heterocycles. The summed E-state index contributed by atoms with van der Waals surface area (Å²) in [6.07, 6.45) is 0. The number of nitrogens with one attached hydrogen (secondary N) is 2. The fourth-order valence-electron chi connectivity index (χ4n) is 3.15. The lowest BCUT2D eigenvalue weighted by Crippen LogP contribution is -2.13. The number of carbonyl (C=O) groups excluding carboxylic acids is 1. The molecule has 0 unspecified atom stereocenters. The molecule has 0 aliphatic heterocycles. The van der Waals surface area contributed by atoms with E-state index < -0.39 is 0 Å². The Balaban J connectivity index is 1.64. The van der Waals surface area contributed by atoms with E-state index in [1.54, 1.807) is 25.3 Å². The van der Waals surface area contributed by atoms with Crippen molar-refractivity contribution in [2.75, 3.05) is 19.0 Å². The maximum absolute atomic E-state index is 12.8. The number of imidazole rings is 1. The van der Waals surface area contributed by atoms with Gasteiger partial charge >= 0.3 is 0 Å². The van der Waals surface area contributed by atoms with Crippen LogP contribution >= 0.6 is 15.9 Å². The monoisotopic (exact) mass is 465 g/mol. The van der Waals surface area contributed by atoms with Crippen LogP contribution in [0, 0.1) is 0 Å². The predicted molar refractivity (Wildman–Crippen MR) is 121 cm³/mol. The second kappa shape index (κ2) is 8.59. The number of carbonyl (C=O) groups is 1. The summed E-state index contributed by atoms with van der Waals surface area (Å²) in [7, 11) is 1.57. The highest BCUT2D eigenvalue weighted by atomic mass is 79.9. The van der Waals surface area contributed by atoms with E-state index in [1.807, 2.05) is 49.4 Å². The number of H-pyrrole nitrogens is 1. The Kier molecular flexibility index (Phi) is 5.72. The average molecular weight is 466 g/mol. The van der Waals surface area contributed by atoms with Crippen molar-refractivity contribution in [3.8, 4) is 22.9 Å². The van der Waals surface area contributed by atoms with Crippen LogP contribution in [-0.2, 0) is 0 Å². The minimum Gasteiger partial charge on any atom is -0.495 e. The average Bonchev–Trinajstić information content (AvgIpc) is 3.19. The molecule has 0 atom stereocenters. The topological polar surface area (TPSA) is 76.2 Å². The predicted octanol–water partition coefficient (Wildman–Crippen LogP) is 5.65. The van der Waals surface area contributed by atoms with E-state index in [-0.39, 0.29) is 5.91 Å². The molecule has 7 heteroatoms. The third-order valence-corrected chi connectivity index (χ3v) is 5.22. The number of anilines is 1. The molecular formula is C23H20BrN3O3. The van der Waals surface area contributed by atoms with E-state index in [4.69, 9.17) is 9.47 Å². The van der Waals surface area contributed by atoms with Gasteiger partial charge in [-0.15, -0.1) is 0 Å². The molecule has 152 valence electrons. The lowest BCUT2D eigenvalue weighted by Gasteiger charge is -2.12. The molecule has 1 amide bonds. The third kappa shape index (κ3) is 4.02. The number of halogens is 1. The van der Waals surface area contributed by atoms with Gasteiger partial charge in [0.2, 0.25) is 0 Å². The van der Waals surface area contributed by atoms with E-state index in [0.717, 1.165) is 26.9 Å². The number of fused-ring (bicyclic) bond motifs is 1. The Hall–Kier alpha value is -3.32. The summed E-state index contributed by atoms with van der Waals surface area (Å²) in [5, 5.41) is 2.93. The minimum absolute atomic E-state index is 0.251. The number of methoxy groups -OCH3 is 1. The first-order chi connectivity index (χ1) is 14.6. The number of hydrogen-bond acceptors (Lipinski definition) is 4. The first-order valence-corrected chi connectivity index (χ1v) is 10.2. The highest BCUT2D eigenvalue weighted by Crippen LogP contribution is 2.32. The smallest absolute Gasteiger partial charge is 0.255 e. The molecule has 2 N–H and O–H groups in total. The molecule has 0 bridgehead atoms. The maximum Gasteiger partial charge on any atom is 0.255 e. The summed E-state index contributed by atoms with van der Waals surface area (Å²) >= 11 is 3.45. The molecule has 1 heterocycles. The number of ether oxygens (including phenoxy) is 2. The van der Waals surface area contributed by atoms with Crippen LogP contribution in [0.4, 0.5) is 5.69 Å². The van der Waals surface area contributed by atoms with Crippen molar-refractivity contribution < 1.29 is 14.3 Å². The summed E-state index contributed by atoms with van der Waals surface area (Å²) < 4.78 is 11.7. The standard InChI is InChI=1S/C23H20BrN3O3/c1-3-30-20-10-9-15(12-16(20)24)23(28)27-19-13-14(8-11-21(19)29-2)22-25-17-6-4-5-7-18(17)26-22/h4-13H,3H2,1-2H3,(H,25,26)(H,27,28). The molecule has 6 nitrogen and oxygen atoms in total. The lowest BCUT2D eigenvalue weighted by atomic mass is 10.1. The van der Waals surface area contributed by atoms with Gasteiger partial charge in [-0.05, 0) is 71.4 Å². The van der Waals surface area contributed by atoms with Crippen LogP contribution in [0.5, 0.6) is 11.5 Å². The zero-order valence-electron chi connectivity index (χ0n) is 16.5. The Morgan fingerprint density at radius 3 is 2.63 bits per heavy atom. The highest BCUT2D eigenvalue weighted by Gasteiger charge is 2.14. The number of benzene rings is 3. The second-order valence-electron chi connectivity index (χ2n) is 6.55. The molecule has 0 fully saturated rings. The van der Waals surface area contributed by atoms with E-state index in [9.17, 15) is 4.79 Å². The van der Waals surface area contributed by atoms with Gasteiger partial charge in [0.1, 0.15) is 17.3 Å². The van der Waals surface area contributed by atoms with Gasteiger partial charge in [0.15, 0.2) is 0 Å². The summed E-state index contributed by atoms with van der Waals surface area (Å²) in [5.74, 6) is 1.73. The molecule has 0 saturated heterocycles. The van der Waals surface area contributed by atoms with Gasteiger partial charge < -0.3 is 19.8 Å². The van der Waals surface area contributed by atoms with Gasteiger partial charge in [-0.1, -0.05) is 12.1 Å². The molecular weight excluding hydrogens is 446 g/mol. The van der Waals surface area contributed by atoms with E-state index in [2.05, 4.69) is 31.2 Å². The molecule has 30 heavy (non-hydrogen) atoms. The summed E-state index contributed by atoms with van der Waals surface area (Å²) in [4.78, 5) is 20.8. The SMILES string of the molecule is CCOc1ccc(C(=O)Nc2cc(-c3nc4ccccc4[nH]3)ccc2OC)cc1Br. The number of amides is 1. The molecule has 0 aliphatic carbocycles. The van der Waals surface area contributed by atoms with Crippen molar-refractivity contribution in [2.24, 2.45) is 0 Å². The van der Waals surface area contributed by atoms with Crippen molar-refractivity contribution in [3.63, 3.8) is 0 Å². The van der Waals surface area contributed by atoms with Gasteiger partial charge in [0, 0.05) is 11.1 Å². The first kappa shape index (κ1) is 20.0. The Labute approximate surface area is 182 Å². The molecule has 0 aliphatic rings. The van der Waals surface area contributed by atoms with Gasteiger partial charge in [-0.25, -0.2) is 4.98 Å². The van der Waals surface area contributed by atoms with Crippen molar-refractivity contribution in [3.05, 3.63) is 70.7 Å². The minimum atomic E-state index is -0.251. The van der Waals surface area contributed by atoms with E-state index in [0.29, 0.717) is 29.4 Å². The van der Waals surface area contributed by atoms with Crippen LogP contribution in [0.1, 0.15) is 17.3 Å². The Morgan fingerprint density at radius 1 is 1.10 bits per heavy atom. The van der Waals surface area contributed by atoms with E-state index in [1.165, 1.54) is 0 Å². The Morgan fingerprint density at radius 2 is 1.90 bits per heavy atom. The summed E-state index contributed by atoms with van der Waals surface area (Å²) in [6, 6.07) is 18.6. The molecule has 0 saturated carbocycles. The van der Waals surface area contributed by atoms with Crippen molar-refractivity contribution >= 4 is 38.6 Å². The van der Waals surface area contributed by atoms with E-state index >= 15 is 0 Å². The molecule has 4 rings (SSSR count). The highest BCUT2D eigenvalue weighted by molar-refractivity contribution is 9.10. The van der Waals surface area contributed by atoms with Crippen LogP contribution in [0.2, 0.25) is 0 Å². The first-order valence-electron chi connectivity index (χ1n) is 9.46. The fourth-order valence-corrected chi connectivity index (χ4v) is 3.64. The van der Waals surface area contributed by atoms with Crippen LogP contribution in [0.25, 0.3) is 22.4 Å². The quantitative estimate of drug-likeness (QED) is 0.385. The number of aromatic amines is 1. The number of rotatable bonds is 6. The number of aromatic nitrogens is 2. The normalized spacial score (nSPS) is 10.8. The van der Waals surface area contributed by atoms with Crippen LogP contribution in [0.3, 0.4) is 0 Å². The molecule has 0 radical (unpaired) electrons. The zero-order valence-corrected chi connectivity index (χ0v) is 18.1. The van der Waals surface area contributed by atoms with Crippen LogP contribution in [-0.4, -0.2) is 29.6 Å². The van der Waals surface area contributed by atoms with Gasteiger partial charge in [-0.2, -0.15) is 0 Å². The fraction of sp³-hybridized carbons (Fsp3) is 0.130. The third-order valence-electron chi connectivity index (χ3n) is 4.60.